The SMILES string of the molecule is C=C(CC(N)=O)C(=O)N(C)C. The molecule has 2 amide bonds. The van der Waals surface area contributed by atoms with Crippen molar-refractivity contribution in [2.24, 2.45) is 5.73 Å². The highest BCUT2D eigenvalue weighted by Crippen LogP contribution is 1.99. The van der Waals surface area contributed by atoms with Gasteiger partial charge in [-0.1, -0.05) is 6.58 Å². The molecule has 0 radical (unpaired) electrons. The fourth-order valence-corrected chi connectivity index (χ4v) is 0.602. The van der Waals surface area contributed by atoms with E-state index in [1.54, 1.807) is 14.1 Å². The zero-order valence-corrected chi connectivity index (χ0v) is 6.76. The highest BCUT2D eigenvalue weighted by Gasteiger charge is 2.10. The molecule has 0 saturated heterocycles. The molecule has 0 atom stereocenters. The summed E-state index contributed by atoms with van der Waals surface area (Å²) in [7, 11) is 3.18. The predicted octanol–water partition coefficient (Wildman–Crippen LogP) is -0.494. The summed E-state index contributed by atoms with van der Waals surface area (Å²) in [5.41, 5.74) is 5.09. The zero-order chi connectivity index (χ0) is 9.02. The van der Waals surface area contributed by atoms with Crippen LogP contribution in [0.3, 0.4) is 0 Å². The predicted molar refractivity (Wildman–Crippen MR) is 41.6 cm³/mol. The first-order valence-electron chi connectivity index (χ1n) is 3.13. The first-order valence-corrected chi connectivity index (χ1v) is 3.13. The van der Waals surface area contributed by atoms with Crippen LogP contribution in [0.1, 0.15) is 6.42 Å². The Morgan fingerprint density at radius 1 is 1.45 bits per heavy atom. The van der Waals surface area contributed by atoms with Crippen LogP contribution < -0.4 is 5.73 Å². The molecular weight excluding hydrogens is 144 g/mol. The first kappa shape index (κ1) is 9.68. The molecule has 0 fully saturated rings. The maximum atomic E-state index is 11.0. The van der Waals surface area contributed by atoms with E-state index in [1.165, 1.54) is 4.90 Å². The molecule has 4 nitrogen and oxygen atoms in total. The third kappa shape index (κ3) is 3.40. The van der Waals surface area contributed by atoms with Gasteiger partial charge in [-0.05, 0) is 0 Å². The second-order valence-electron chi connectivity index (χ2n) is 2.45. The molecule has 0 spiro atoms. The van der Waals surface area contributed by atoms with Gasteiger partial charge in [0.1, 0.15) is 0 Å². The highest BCUT2D eigenvalue weighted by molar-refractivity contribution is 5.97. The van der Waals surface area contributed by atoms with Crippen LogP contribution >= 0.6 is 0 Å². The van der Waals surface area contributed by atoms with E-state index in [-0.39, 0.29) is 17.9 Å². The highest BCUT2D eigenvalue weighted by atomic mass is 16.2. The Morgan fingerprint density at radius 3 is 2.18 bits per heavy atom. The van der Waals surface area contributed by atoms with Crippen molar-refractivity contribution in [2.45, 2.75) is 6.42 Å². The van der Waals surface area contributed by atoms with Gasteiger partial charge in [0.2, 0.25) is 11.8 Å². The van der Waals surface area contributed by atoms with Crippen molar-refractivity contribution in [3.8, 4) is 0 Å². The van der Waals surface area contributed by atoms with E-state index in [0.29, 0.717) is 0 Å². The smallest absolute Gasteiger partial charge is 0.249 e. The largest absolute Gasteiger partial charge is 0.369 e. The van der Waals surface area contributed by atoms with Crippen LogP contribution in [0.2, 0.25) is 0 Å². The second kappa shape index (κ2) is 3.75. The maximum Gasteiger partial charge on any atom is 0.249 e. The van der Waals surface area contributed by atoms with Gasteiger partial charge >= 0.3 is 0 Å². The number of carbonyl (C=O) groups excluding carboxylic acids is 2. The molecule has 0 unspecified atom stereocenters. The fraction of sp³-hybridized carbons (Fsp3) is 0.429. The number of primary amides is 1. The Hall–Kier alpha value is -1.32. The van der Waals surface area contributed by atoms with E-state index < -0.39 is 5.91 Å². The van der Waals surface area contributed by atoms with Crippen LogP contribution in [0.4, 0.5) is 0 Å². The van der Waals surface area contributed by atoms with Crippen LogP contribution in [0.15, 0.2) is 12.2 Å². The summed E-state index contributed by atoms with van der Waals surface area (Å²) in [6.45, 7) is 3.42. The normalized spacial score (nSPS) is 8.91. The van der Waals surface area contributed by atoms with E-state index >= 15 is 0 Å². The molecule has 0 bridgehead atoms. The molecule has 0 aromatic carbocycles. The summed E-state index contributed by atoms with van der Waals surface area (Å²) < 4.78 is 0. The van der Waals surface area contributed by atoms with E-state index in [0.717, 1.165) is 0 Å². The lowest BCUT2D eigenvalue weighted by Gasteiger charge is -2.10. The Labute approximate surface area is 65.7 Å². The molecule has 2 N–H and O–H groups in total. The van der Waals surface area contributed by atoms with Gasteiger partial charge in [0.05, 0.1) is 6.42 Å². The number of likely N-dealkylation sites (N-methyl/N-ethyl adjacent to an activating group) is 1. The van der Waals surface area contributed by atoms with Crippen molar-refractivity contribution in [1.29, 1.82) is 0 Å². The summed E-state index contributed by atoms with van der Waals surface area (Å²) in [5, 5.41) is 0. The molecule has 0 aliphatic heterocycles. The van der Waals surface area contributed by atoms with E-state index in [9.17, 15) is 9.59 Å². The van der Waals surface area contributed by atoms with Crippen LogP contribution in [0.5, 0.6) is 0 Å². The Kier molecular flexibility index (Phi) is 3.30. The first-order chi connectivity index (χ1) is 4.95. The third-order valence-electron chi connectivity index (χ3n) is 1.10. The summed E-state index contributed by atoms with van der Waals surface area (Å²) >= 11 is 0. The Bertz CT molecular complexity index is 197. The van der Waals surface area contributed by atoms with Gasteiger partial charge in [-0.15, -0.1) is 0 Å². The average Bonchev–Trinajstić information content (AvgIpc) is 1.84. The molecule has 11 heavy (non-hydrogen) atoms. The number of nitrogens with zero attached hydrogens (tertiary/aromatic N) is 1. The zero-order valence-electron chi connectivity index (χ0n) is 6.76. The van der Waals surface area contributed by atoms with Gasteiger partial charge < -0.3 is 10.6 Å². The fourth-order valence-electron chi connectivity index (χ4n) is 0.602. The standard InChI is InChI=1S/C7H12N2O2/c1-5(4-6(8)10)7(11)9(2)3/h1,4H2,2-3H3,(H2,8,10). The minimum atomic E-state index is -0.537. The second-order valence-corrected chi connectivity index (χ2v) is 2.45. The lowest BCUT2D eigenvalue weighted by molar-refractivity contribution is -0.126. The molecule has 0 rings (SSSR count). The van der Waals surface area contributed by atoms with Crippen molar-refractivity contribution in [3.63, 3.8) is 0 Å². The van der Waals surface area contributed by atoms with Crippen molar-refractivity contribution in [3.05, 3.63) is 12.2 Å². The molecule has 0 heterocycles. The minimum absolute atomic E-state index is 0.0724. The van der Waals surface area contributed by atoms with E-state index in [4.69, 9.17) is 5.73 Å². The molecule has 0 saturated carbocycles. The van der Waals surface area contributed by atoms with Crippen molar-refractivity contribution < 1.29 is 9.59 Å². The third-order valence-corrected chi connectivity index (χ3v) is 1.10. The summed E-state index contributed by atoms with van der Waals surface area (Å²) in [4.78, 5) is 22.7. The number of hydrogen-bond donors (Lipinski definition) is 1. The summed E-state index contributed by atoms with van der Waals surface area (Å²) in [6.07, 6.45) is -0.0724. The number of carbonyl (C=O) groups is 2. The summed E-state index contributed by atoms with van der Waals surface area (Å²) in [6, 6.07) is 0. The van der Waals surface area contributed by atoms with E-state index in [1.807, 2.05) is 0 Å². The van der Waals surface area contributed by atoms with Crippen LogP contribution in [-0.4, -0.2) is 30.8 Å². The van der Waals surface area contributed by atoms with Gasteiger partial charge in [-0.3, -0.25) is 9.59 Å². The number of rotatable bonds is 3. The van der Waals surface area contributed by atoms with Crippen LogP contribution in [-0.2, 0) is 9.59 Å². The topological polar surface area (TPSA) is 63.4 Å². The lowest BCUT2D eigenvalue weighted by atomic mass is 10.2. The van der Waals surface area contributed by atoms with Gasteiger partial charge in [-0.2, -0.15) is 0 Å². The molecule has 0 aliphatic carbocycles. The number of nitrogens with two attached hydrogens (primary N) is 1. The monoisotopic (exact) mass is 156 g/mol. The Morgan fingerprint density at radius 2 is 1.91 bits per heavy atom. The maximum absolute atomic E-state index is 11.0. The van der Waals surface area contributed by atoms with Crippen molar-refractivity contribution in [1.82, 2.24) is 4.90 Å². The van der Waals surface area contributed by atoms with Gasteiger partial charge in [0.15, 0.2) is 0 Å². The lowest BCUT2D eigenvalue weighted by Crippen LogP contribution is -2.25. The molecule has 0 aromatic rings. The minimum Gasteiger partial charge on any atom is -0.369 e. The molecule has 0 aliphatic rings. The van der Waals surface area contributed by atoms with E-state index in [2.05, 4.69) is 6.58 Å². The van der Waals surface area contributed by atoms with Gasteiger partial charge in [0, 0.05) is 19.7 Å². The molecule has 62 valence electrons. The number of hydrogen-bond acceptors (Lipinski definition) is 2. The quantitative estimate of drug-likeness (QED) is 0.560. The Balaban J connectivity index is 4.05. The molecular formula is C7H12N2O2. The van der Waals surface area contributed by atoms with Gasteiger partial charge in [0.25, 0.3) is 0 Å². The van der Waals surface area contributed by atoms with Crippen LogP contribution in [0.25, 0.3) is 0 Å². The van der Waals surface area contributed by atoms with Crippen molar-refractivity contribution >= 4 is 11.8 Å². The van der Waals surface area contributed by atoms with Gasteiger partial charge in [-0.25, -0.2) is 0 Å². The summed E-state index contributed by atoms with van der Waals surface area (Å²) in [5.74, 6) is -0.797. The number of amides is 2. The molecule has 4 heteroatoms. The van der Waals surface area contributed by atoms with Crippen molar-refractivity contribution in [2.75, 3.05) is 14.1 Å². The molecule has 0 aromatic heterocycles. The average molecular weight is 156 g/mol. The van der Waals surface area contributed by atoms with Crippen LogP contribution in [0, 0.1) is 0 Å².